The van der Waals surface area contributed by atoms with Crippen LogP contribution in [0.4, 0.5) is 39.9 Å². The van der Waals surface area contributed by atoms with Crippen molar-refractivity contribution >= 4 is 157 Å². The minimum atomic E-state index is -0.428. The molecule has 100 heavy (non-hydrogen) atoms. The topological polar surface area (TPSA) is 287 Å². The van der Waals surface area contributed by atoms with Gasteiger partial charge in [0.25, 0.3) is 35.4 Å². The summed E-state index contributed by atoms with van der Waals surface area (Å²) >= 11 is 43.6. The largest absolute Gasteiger partial charge is 0.481 e. The van der Waals surface area contributed by atoms with Gasteiger partial charge in [-0.15, -0.1) is 0 Å². The van der Waals surface area contributed by atoms with Gasteiger partial charge in [0.15, 0.2) is 0 Å². The third kappa shape index (κ3) is 19.1. The summed E-state index contributed by atoms with van der Waals surface area (Å²) in [6.45, 7) is 0. The van der Waals surface area contributed by atoms with Crippen LogP contribution in [-0.4, -0.2) is 72.5 Å². The van der Waals surface area contributed by atoms with Crippen LogP contribution in [0.3, 0.4) is 0 Å². The molecule has 6 aromatic carbocycles. The maximum Gasteiger partial charge on any atom is 0.257 e. The fourth-order valence-corrected chi connectivity index (χ4v) is 10.7. The van der Waals surface area contributed by atoms with Gasteiger partial charge in [-0.05, 0) is 176 Å². The molecule has 498 valence electrons. The minimum Gasteiger partial charge on any atom is -0.481 e. The highest BCUT2D eigenvalue weighted by molar-refractivity contribution is 6.37. The number of pyridine rings is 6. The molecule has 0 spiro atoms. The first-order chi connectivity index (χ1) is 48.2. The number of nitrogens with one attached hydrogen (secondary N) is 6. The number of methoxy groups -OCH3 is 1. The molecule has 0 aliphatic rings. The molecule has 6 amide bonds. The van der Waals surface area contributed by atoms with E-state index in [0.717, 1.165) is 0 Å². The van der Waals surface area contributed by atoms with Crippen molar-refractivity contribution in [1.29, 1.82) is 0 Å². The number of anilines is 7. The highest BCUT2D eigenvalue weighted by Gasteiger charge is 2.20. The Hall–Kier alpha value is -11.3. The fourth-order valence-electron chi connectivity index (χ4n) is 9.19. The van der Waals surface area contributed by atoms with Crippen LogP contribution in [0.15, 0.2) is 237 Å². The van der Waals surface area contributed by atoms with Crippen LogP contribution in [0, 0.1) is 0 Å². The molecular weight excluding hydrogens is 1420 g/mol. The minimum absolute atomic E-state index is 0.133. The number of rotatable bonds is 16. The summed E-state index contributed by atoms with van der Waals surface area (Å²) in [5, 5.41) is 18.8. The van der Waals surface area contributed by atoms with E-state index in [9.17, 15) is 28.8 Å². The van der Waals surface area contributed by atoms with Crippen molar-refractivity contribution in [1.82, 2.24) is 29.9 Å². The Morgan fingerprint density at radius 1 is 0.320 bits per heavy atom. The van der Waals surface area contributed by atoms with Gasteiger partial charge in [-0.2, -0.15) is 0 Å². The predicted molar refractivity (Wildman–Crippen MR) is 395 cm³/mol. The van der Waals surface area contributed by atoms with Crippen LogP contribution < -0.4 is 42.4 Å². The van der Waals surface area contributed by atoms with Gasteiger partial charge in [-0.25, -0.2) is 15.0 Å². The maximum absolute atomic E-state index is 12.8. The third-order valence-electron chi connectivity index (χ3n) is 14.2. The molecule has 0 aliphatic carbocycles. The Labute approximate surface area is 606 Å². The Balaban J connectivity index is 0.000000162. The molecule has 6 heterocycles. The Morgan fingerprint density at radius 2 is 0.650 bits per heavy atom. The van der Waals surface area contributed by atoms with Crippen LogP contribution in [-0.2, 0) is 0 Å². The van der Waals surface area contributed by atoms with E-state index in [2.05, 4.69) is 61.8 Å². The number of benzene rings is 6. The van der Waals surface area contributed by atoms with Gasteiger partial charge in [0.05, 0.1) is 107 Å². The number of aromatic nitrogens is 6. The second-order valence-corrected chi connectivity index (χ2v) is 23.8. The van der Waals surface area contributed by atoms with Gasteiger partial charge in [-0.1, -0.05) is 99.4 Å². The summed E-state index contributed by atoms with van der Waals surface area (Å²) < 4.78 is 5.00. The van der Waals surface area contributed by atoms with E-state index in [1.165, 1.54) is 80.3 Å². The lowest BCUT2D eigenvalue weighted by Gasteiger charge is -2.11. The van der Waals surface area contributed by atoms with Crippen LogP contribution in [0.1, 0.15) is 62.1 Å². The second-order valence-electron chi connectivity index (χ2n) is 21.0. The first kappa shape index (κ1) is 71.4. The molecule has 0 bridgehead atoms. The van der Waals surface area contributed by atoms with E-state index in [-0.39, 0.29) is 42.9 Å². The second kappa shape index (κ2) is 33.8. The van der Waals surface area contributed by atoms with Gasteiger partial charge in [0.2, 0.25) is 5.88 Å². The molecule has 20 nitrogen and oxygen atoms in total. The van der Waals surface area contributed by atoms with Crippen LogP contribution in [0.5, 0.6) is 5.88 Å². The zero-order valence-corrected chi connectivity index (χ0v) is 57.1. The van der Waals surface area contributed by atoms with E-state index in [1.807, 2.05) is 48.5 Å². The fraction of sp³-hybridized carbons (Fsp3) is 0.0137. The van der Waals surface area contributed by atoms with Crippen molar-refractivity contribution in [2.75, 3.05) is 44.7 Å². The zero-order chi connectivity index (χ0) is 70.8. The highest BCUT2D eigenvalue weighted by atomic mass is 35.5. The Bertz CT molecular complexity index is 4790. The van der Waals surface area contributed by atoms with Crippen molar-refractivity contribution in [2.24, 2.45) is 0 Å². The number of ether oxygens (including phenoxy) is 1. The highest BCUT2D eigenvalue weighted by Crippen LogP contribution is 2.34. The summed E-state index contributed by atoms with van der Waals surface area (Å²) in [5.74, 6) is -1.68. The molecule has 0 radical (unpaired) electrons. The van der Waals surface area contributed by atoms with E-state index < -0.39 is 35.4 Å². The number of nitrogens with two attached hydrogens (primary N) is 1. The van der Waals surface area contributed by atoms with E-state index in [1.54, 1.807) is 116 Å². The molecule has 0 saturated carbocycles. The number of nitrogen functional groups attached to an aromatic ring is 1. The Kier molecular flexibility index (Phi) is 24.1. The number of halogens is 7. The quantitative estimate of drug-likeness (QED) is 0.0443. The summed E-state index contributed by atoms with van der Waals surface area (Å²) in [5.41, 5.74) is 14.2. The molecule has 12 aromatic rings. The third-order valence-corrected chi connectivity index (χ3v) is 16.3. The van der Waals surface area contributed by atoms with E-state index >= 15 is 0 Å². The van der Waals surface area contributed by atoms with Crippen molar-refractivity contribution in [3.05, 3.63) is 306 Å². The number of carbonyl (C=O) groups excluding carboxylic acids is 6. The molecule has 0 unspecified atom stereocenters. The van der Waals surface area contributed by atoms with Gasteiger partial charge < -0.3 is 42.4 Å². The molecule has 8 N–H and O–H groups in total. The summed E-state index contributed by atoms with van der Waals surface area (Å²) in [4.78, 5) is 101. The summed E-state index contributed by atoms with van der Waals surface area (Å²) in [6, 6.07) is 54.8. The van der Waals surface area contributed by atoms with Gasteiger partial charge in [-0.3, -0.25) is 43.7 Å². The van der Waals surface area contributed by atoms with Gasteiger partial charge >= 0.3 is 0 Å². The molecule has 0 fully saturated rings. The molecule has 0 atom stereocenters. The SMILES string of the molecule is COc1ccc(NC(=O)c2ccc(C(=O)Nc3ccc(Cl)c(-c4ccccn4)c3)c(Cl)c2)cn1.Nc1ccc(NC(=O)c2ccc(C(=O)Nc3ccc(Cl)c(-c4ccccn4)c3)c(Cl)c2)cn1.O=C(Nc1ccc(Cl)nc1)c1ccc(C(=O)Nc2ccc(Cl)c(-c3ccccn3)c2)c(Cl)c1. The first-order valence-corrected chi connectivity index (χ1v) is 32.1. The van der Waals surface area contributed by atoms with Gasteiger partial charge in [0, 0.05) is 75.1 Å². The summed E-state index contributed by atoms with van der Waals surface area (Å²) in [6.07, 6.45) is 9.36. The van der Waals surface area contributed by atoms with Crippen molar-refractivity contribution in [3.63, 3.8) is 0 Å². The van der Waals surface area contributed by atoms with Gasteiger partial charge in [0.1, 0.15) is 11.0 Å². The average Bonchev–Trinajstić information content (AvgIpc) is 0.836. The standard InChI is InChI=1S/C25H18Cl2N4O3.C24H15Cl3N4O2.C24H17Cl2N5O2/c1-34-23-10-7-17(14-29-23)31-24(32)15-5-8-18(21(27)12-15)25(33)30-16-6-9-20(26)19(13-16)22-4-2-3-11-28-22;2*25-19-8-5-15(12-18(19)21-3-1-2-10-28-21)30-24(33)17-7-4-14(11-20(17)26)23(32)31-16-6-9-22(27)29-13-16/h2-14H,1H3,(H,30,33)(H,31,32);1-13H,(H,30,33)(H,31,32);1-13H,(H2,27,29)(H,30,33)(H,31,32). The first-order valence-electron chi connectivity index (χ1n) is 29.5. The molecular formula is C73H50Cl7N13O7. The lowest BCUT2D eigenvalue weighted by molar-refractivity contribution is 0.101. The molecule has 6 aromatic heterocycles. The number of nitrogens with zero attached hydrogens (tertiary/aromatic N) is 6. The monoisotopic (exact) mass is 1470 g/mol. The number of carbonyl (C=O) groups is 6. The van der Waals surface area contributed by atoms with Crippen LogP contribution in [0.25, 0.3) is 33.8 Å². The van der Waals surface area contributed by atoms with Crippen LogP contribution >= 0.6 is 81.2 Å². The normalized spacial score (nSPS) is 10.5. The van der Waals surface area contributed by atoms with E-state index in [4.69, 9.17) is 91.7 Å². The average molecular weight is 1470 g/mol. The number of hydrogen-bond acceptors (Lipinski definition) is 14. The van der Waals surface area contributed by atoms with Crippen molar-refractivity contribution in [3.8, 4) is 39.7 Å². The zero-order valence-electron chi connectivity index (χ0n) is 51.8. The molecule has 0 saturated heterocycles. The molecule has 27 heteroatoms. The number of hydrogen-bond donors (Lipinski definition) is 7. The maximum atomic E-state index is 12.8. The predicted octanol–water partition coefficient (Wildman–Crippen LogP) is 18.1. The van der Waals surface area contributed by atoms with Crippen molar-refractivity contribution < 1.29 is 33.5 Å². The Morgan fingerprint density at radius 3 is 0.940 bits per heavy atom. The summed E-state index contributed by atoms with van der Waals surface area (Å²) in [7, 11) is 1.51. The van der Waals surface area contributed by atoms with Crippen molar-refractivity contribution in [2.45, 2.75) is 0 Å². The van der Waals surface area contributed by atoms with Crippen LogP contribution in [0.2, 0.25) is 35.3 Å². The lowest BCUT2D eigenvalue weighted by atomic mass is 10.1. The smallest absolute Gasteiger partial charge is 0.257 e. The molecule has 0 aliphatic heterocycles. The number of amides is 6. The lowest BCUT2D eigenvalue weighted by Crippen LogP contribution is -2.15. The molecule has 12 rings (SSSR count). The van der Waals surface area contributed by atoms with E-state index in [0.29, 0.717) is 105 Å².